The Kier molecular flexibility index (Phi) is 6.87. The minimum Gasteiger partial charge on any atom is -0.496 e. The van der Waals surface area contributed by atoms with Crippen molar-refractivity contribution >= 4 is 28.0 Å². The lowest BCUT2D eigenvalue weighted by atomic mass is 10.1. The van der Waals surface area contributed by atoms with Gasteiger partial charge in [0.2, 0.25) is 0 Å². The summed E-state index contributed by atoms with van der Waals surface area (Å²) in [4.78, 5) is 23.8. The van der Waals surface area contributed by atoms with Crippen LogP contribution < -0.4 is 10.1 Å². The molecule has 0 aliphatic heterocycles. The van der Waals surface area contributed by atoms with Crippen LogP contribution in [0.5, 0.6) is 5.75 Å². The quantitative estimate of drug-likeness (QED) is 0.785. The number of hydrogen-bond donors (Lipinski definition) is 1. The fourth-order valence-corrected chi connectivity index (χ4v) is 2.45. The molecule has 1 unspecified atom stereocenters. The molecule has 23 heavy (non-hydrogen) atoms. The van der Waals surface area contributed by atoms with Crippen LogP contribution in [0.3, 0.4) is 0 Å². The first-order chi connectivity index (χ1) is 10.7. The summed E-state index contributed by atoms with van der Waals surface area (Å²) in [6.07, 6.45) is -0.394. The topological polar surface area (TPSA) is 73.9 Å². The number of methoxy groups -OCH3 is 2. The molecule has 7 heteroatoms. The Hall–Kier alpha value is -1.76. The first-order valence-electron chi connectivity index (χ1n) is 7.06. The minimum absolute atomic E-state index is 0.272. The standard InChI is InChI=1S/C16H22BrNO5/c1-16(2,3)23-15(20)18-12(14(19)22-5)9-10-6-7-13(21-4)11(17)8-10/h6-8,12H,9H2,1-5H3,(H,18,20). The normalized spacial score (nSPS) is 12.3. The monoisotopic (exact) mass is 387 g/mol. The Labute approximate surface area is 144 Å². The number of ether oxygens (including phenoxy) is 3. The molecule has 1 N–H and O–H groups in total. The van der Waals surface area contributed by atoms with Gasteiger partial charge in [0.05, 0.1) is 18.7 Å². The van der Waals surface area contributed by atoms with Crippen LogP contribution in [-0.2, 0) is 20.7 Å². The third kappa shape index (κ3) is 6.48. The van der Waals surface area contributed by atoms with Crippen molar-refractivity contribution in [3.05, 3.63) is 28.2 Å². The van der Waals surface area contributed by atoms with Crippen molar-refractivity contribution in [1.29, 1.82) is 0 Å². The smallest absolute Gasteiger partial charge is 0.408 e. The molecule has 1 aromatic carbocycles. The summed E-state index contributed by atoms with van der Waals surface area (Å²) in [6, 6.07) is 4.58. The highest BCUT2D eigenvalue weighted by Crippen LogP contribution is 2.26. The summed E-state index contributed by atoms with van der Waals surface area (Å²) in [5.74, 6) is 0.145. The SMILES string of the molecule is COC(=O)C(Cc1ccc(OC)c(Br)c1)NC(=O)OC(C)(C)C. The van der Waals surface area contributed by atoms with Crippen LogP contribution in [0.2, 0.25) is 0 Å². The van der Waals surface area contributed by atoms with Gasteiger partial charge in [-0.25, -0.2) is 9.59 Å². The van der Waals surface area contributed by atoms with Crippen molar-refractivity contribution in [2.45, 2.75) is 38.8 Å². The van der Waals surface area contributed by atoms with Crippen LogP contribution in [-0.4, -0.2) is 37.9 Å². The highest BCUT2D eigenvalue weighted by Gasteiger charge is 2.25. The number of rotatable bonds is 5. The Balaban J connectivity index is 2.85. The van der Waals surface area contributed by atoms with Gasteiger partial charge in [-0.3, -0.25) is 0 Å². The Bertz CT molecular complexity index is 568. The third-order valence-electron chi connectivity index (χ3n) is 2.83. The van der Waals surface area contributed by atoms with Gasteiger partial charge in [0.1, 0.15) is 17.4 Å². The Morgan fingerprint density at radius 2 is 1.91 bits per heavy atom. The molecule has 0 fully saturated rings. The number of carbonyl (C=O) groups excluding carboxylic acids is 2. The summed E-state index contributed by atoms with van der Waals surface area (Å²) in [6.45, 7) is 5.25. The molecule has 0 spiro atoms. The molecule has 0 bridgehead atoms. The van der Waals surface area contributed by atoms with E-state index in [1.54, 1.807) is 33.9 Å². The molecule has 6 nitrogen and oxygen atoms in total. The van der Waals surface area contributed by atoms with E-state index in [4.69, 9.17) is 14.2 Å². The Morgan fingerprint density at radius 1 is 1.26 bits per heavy atom. The molecule has 0 saturated heterocycles. The maximum Gasteiger partial charge on any atom is 0.408 e. The number of benzene rings is 1. The molecule has 128 valence electrons. The van der Waals surface area contributed by atoms with Gasteiger partial charge < -0.3 is 19.5 Å². The third-order valence-corrected chi connectivity index (χ3v) is 3.45. The molecule has 0 radical (unpaired) electrons. The van der Waals surface area contributed by atoms with Crippen molar-refractivity contribution in [2.24, 2.45) is 0 Å². The summed E-state index contributed by atoms with van der Waals surface area (Å²) < 4.78 is 15.8. The molecule has 0 saturated carbocycles. The van der Waals surface area contributed by atoms with E-state index in [-0.39, 0.29) is 6.42 Å². The molecule has 0 aliphatic carbocycles. The number of alkyl carbamates (subject to hydrolysis) is 1. The van der Waals surface area contributed by atoms with Crippen LogP contribution >= 0.6 is 15.9 Å². The van der Waals surface area contributed by atoms with Crippen LogP contribution in [0.4, 0.5) is 4.79 Å². The van der Waals surface area contributed by atoms with Gasteiger partial charge in [0.15, 0.2) is 0 Å². The fourth-order valence-electron chi connectivity index (χ4n) is 1.86. The molecule has 1 atom stereocenters. The second-order valence-electron chi connectivity index (χ2n) is 5.89. The average Bonchev–Trinajstić information content (AvgIpc) is 2.44. The van der Waals surface area contributed by atoms with Gasteiger partial charge in [-0.05, 0) is 54.4 Å². The van der Waals surface area contributed by atoms with Crippen molar-refractivity contribution in [3.63, 3.8) is 0 Å². The summed E-state index contributed by atoms with van der Waals surface area (Å²) in [7, 11) is 2.84. The lowest BCUT2D eigenvalue weighted by Crippen LogP contribution is -2.45. The van der Waals surface area contributed by atoms with Crippen LogP contribution in [0.1, 0.15) is 26.3 Å². The summed E-state index contributed by atoms with van der Waals surface area (Å²) in [5, 5.41) is 2.54. The van der Waals surface area contributed by atoms with Crippen LogP contribution in [0.15, 0.2) is 22.7 Å². The van der Waals surface area contributed by atoms with Gasteiger partial charge in [-0.15, -0.1) is 0 Å². The highest BCUT2D eigenvalue weighted by molar-refractivity contribution is 9.10. The maximum atomic E-state index is 11.9. The fraction of sp³-hybridized carbons (Fsp3) is 0.500. The average molecular weight is 388 g/mol. The van der Waals surface area contributed by atoms with Gasteiger partial charge >= 0.3 is 12.1 Å². The van der Waals surface area contributed by atoms with Gasteiger partial charge in [0, 0.05) is 6.42 Å². The summed E-state index contributed by atoms with van der Waals surface area (Å²) >= 11 is 3.39. The van der Waals surface area contributed by atoms with E-state index in [9.17, 15) is 9.59 Å². The molecule has 1 rings (SSSR count). The van der Waals surface area contributed by atoms with Crippen molar-refractivity contribution in [1.82, 2.24) is 5.32 Å². The zero-order chi connectivity index (χ0) is 17.6. The number of halogens is 1. The predicted molar refractivity (Wildman–Crippen MR) is 89.6 cm³/mol. The maximum absolute atomic E-state index is 11.9. The first kappa shape index (κ1) is 19.3. The molecule has 1 aromatic rings. The lowest BCUT2D eigenvalue weighted by molar-refractivity contribution is -0.143. The van der Waals surface area contributed by atoms with Crippen molar-refractivity contribution < 1.29 is 23.8 Å². The molecular formula is C16H22BrNO5. The highest BCUT2D eigenvalue weighted by atomic mass is 79.9. The number of nitrogens with one attached hydrogen (secondary N) is 1. The van der Waals surface area contributed by atoms with E-state index in [2.05, 4.69) is 21.2 Å². The number of esters is 1. The van der Waals surface area contributed by atoms with Crippen molar-refractivity contribution in [3.8, 4) is 5.75 Å². The molecule has 0 heterocycles. The van der Waals surface area contributed by atoms with Crippen LogP contribution in [0, 0.1) is 0 Å². The van der Waals surface area contributed by atoms with Crippen molar-refractivity contribution in [2.75, 3.05) is 14.2 Å². The number of hydrogen-bond acceptors (Lipinski definition) is 5. The van der Waals surface area contributed by atoms with Gasteiger partial charge in [0.25, 0.3) is 0 Å². The van der Waals surface area contributed by atoms with E-state index < -0.39 is 23.7 Å². The predicted octanol–water partition coefficient (Wildman–Crippen LogP) is 3.07. The van der Waals surface area contributed by atoms with E-state index in [1.807, 2.05) is 12.1 Å². The van der Waals surface area contributed by atoms with Crippen LogP contribution in [0.25, 0.3) is 0 Å². The molecule has 0 aliphatic rings. The minimum atomic E-state index is -0.838. The molecule has 0 aromatic heterocycles. The Morgan fingerprint density at radius 3 is 2.39 bits per heavy atom. The molecule has 1 amide bonds. The largest absolute Gasteiger partial charge is 0.496 e. The lowest BCUT2D eigenvalue weighted by Gasteiger charge is -2.22. The van der Waals surface area contributed by atoms with E-state index >= 15 is 0 Å². The second-order valence-corrected chi connectivity index (χ2v) is 6.75. The summed E-state index contributed by atoms with van der Waals surface area (Å²) in [5.41, 5.74) is 0.192. The molecular weight excluding hydrogens is 366 g/mol. The zero-order valence-electron chi connectivity index (χ0n) is 13.9. The zero-order valence-corrected chi connectivity index (χ0v) is 15.5. The number of carbonyl (C=O) groups is 2. The first-order valence-corrected chi connectivity index (χ1v) is 7.85. The van der Waals surface area contributed by atoms with E-state index in [0.717, 1.165) is 10.0 Å². The van der Waals surface area contributed by atoms with E-state index in [0.29, 0.717) is 5.75 Å². The van der Waals surface area contributed by atoms with Gasteiger partial charge in [-0.2, -0.15) is 0 Å². The van der Waals surface area contributed by atoms with E-state index in [1.165, 1.54) is 7.11 Å². The number of amides is 1. The van der Waals surface area contributed by atoms with Gasteiger partial charge in [-0.1, -0.05) is 6.07 Å². The second kappa shape index (κ2) is 8.19.